The van der Waals surface area contributed by atoms with E-state index in [0.717, 1.165) is 6.54 Å². The Hall–Kier alpha value is -0.960. The molecular weight excluding hydrogens is 292 g/mol. The number of nitrogens with one attached hydrogen (secondary N) is 1. The van der Waals surface area contributed by atoms with Crippen molar-refractivity contribution in [3.63, 3.8) is 0 Å². The molecule has 7 nitrogen and oxygen atoms in total. The monoisotopic (exact) mass is 318 g/mol. The first-order chi connectivity index (χ1) is 9.86. The Kier molecular flexibility index (Phi) is 6.79. The fourth-order valence-electron chi connectivity index (χ4n) is 2.20. The predicted octanol–water partition coefficient (Wildman–Crippen LogP) is 0.376. The number of nitrogens with zero attached hydrogens (tertiary/aromatic N) is 3. The Bertz CT molecular complexity index is 554. The third-order valence-corrected chi connectivity index (χ3v) is 5.49. The van der Waals surface area contributed by atoms with Crippen LogP contribution in [-0.4, -0.2) is 63.4 Å². The molecule has 0 atom stereocenters. The van der Waals surface area contributed by atoms with Crippen molar-refractivity contribution in [1.82, 2.24) is 19.4 Å². The summed E-state index contributed by atoms with van der Waals surface area (Å²) in [5, 5.41) is 7.37. The molecule has 0 spiro atoms. The van der Waals surface area contributed by atoms with Gasteiger partial charge in [-0.05, 0) is 27.3 Å². The van der Waals surface area contributed by atoms with Crippen LogP contribution in [0.4, 0.5) is 0 Å². The van der Waals surface area contributed by atoms with E-state index in [2.05, 4.69) is 10.4 Å². The van der Waals surface area contributed by atoms with Crippen LogP contribution in [-0.2, 0) is 21.3 Å². The van der Waals surface area contributed by atoms with Crippen molar-refractivity contribution in [2.24, 2.45) is 0 Å². The molecule has 1 N–H and O–H groups in total. The number of hydrogen-bond donors (Lipinski definition) is 1. The summed E-state index contributed by atoms with van der Waals surface area (Å²) < 4.78 is 33.4. The lowest BCUT2D eigenvalue weighted by Crippen LogP contribution is -2.29. The molecule has 0 saturated heterocycles. The number of hydrogen-bond acceptors (Lipinski definition) is 5. The first-order valence-electron chi connectivity index (χ1n) is 7.00. The van der Waals surface area contributed by atoms with Gasteiger partial charge in [0.25, 0.3) is 0 Å². The second-order valence-corrected chi connectivity index (χ2v) is 6.98. The highest BCUT2D eigenvalue weighted by molar-refractivity contribution is 7.89. The third-order valence-electron chi connectivity index (χ3n) is 3.38. The van der Waals surface area contributed by atoms with Crippen molar-refractivity contribution in [1.29, 1.82) is 0 Å². The van der Waals surface area contributed by atoms with Crippen LogP contribution in [0.3, 0.4) is 0 Å². The number of methoxy groups -OCH3 is 1. The van der Waals surface area contributed by atoms with Gasteiger partial charge in [-0.1, -0.05) is 0 Å². The van der Waals surface area contributed by atoms with E-state index in [-0.39, 0.29) is 0 Å². The molecular formula is C13H26N4O3S. The summed E-state index contributed by atoms with van der Waals surface area (Å²) in [6.45, 7) is 5.89. The highest BCUT2D eigenvalue weighted by atomic mass is 32.2. The normalized spacial score (nSPS) is 12.3. The number of sulfonamides is 1. The van der Waals surface area contributed by atoms with Gasteiger partial charge in [-0.2, -0.15) is 5.10 Å². The summed E-state index contributed by atoms with van der Waals surface area (Å²) in [5.74, 6) is 0. The summed E-state index contributed by atoms with van der Waals surface area (Å²) in [7, 11) is 1.54. The molecule has 1 heterocycles. The fourth-order valence-corrected chi connectivity index (χ4v) is 3.77. The van der Waals surface area contributed by atoms with Crippen molar-refractivity contribution in [2.45, 2.75) is 31.7 Å². The lowest BCUT2D eigenvalue weighted by Gasteiger charge is -2.17. The Labute approximate surface area is 127 Å². The van der Waals surface area contributed by atoms with Crippen LogP contribution >= 0.6 is 0 Å². The van der Waals surface area contributed by atoms with Gasteiger partial charge < -0.3 is 10.1 Å². The molecule has 0 saturated carbocycles. The fraction of sp³-hybridized carbons (Fsp3) is 0.769. The van der Waals surface area contributed by atoms with Crippen LogP contribution in [0.2, 0.25) is 0 Å². The van der Waals surface area contributed by atoms with E-state index in [1.807, 2.05) is 7.05 Å². The van der Waals surface area contributed by atoms with Gasteiger partial charge in [0.2, 0.25) is 10.0 Å². The number of rotatable bonds is 9. The number of ether oxygens (including phenoxy) is 1. The zero-order chi connectivity index (χ0) is 16.0. The van der Waals surface area contributed by atoms with Crippen molar-refractivity contribution in [3.05, 3.63) is 11.4 Å². The Morgan fingerprint density at radius 3 is 2.62 bits per heavy atom. The molecule has 0 aliphatic carbocycles. The minimum Gasteiger partial charge on any atom is -0.385 e. The maximum absolute atomic E-state index is 12.7. The molecule has 8 heteroatoms. The highest BCUT2D eigenvalue weighted by Gasteiger charge is 2.28. The SMILES string of the molecule is CNCCn1nc(C)c(S(=O)(=O)N(C)CCCOC)c1C. The molecule has 21 heavy (non-hydrogen) atoms. The summed E-state index contributed by atoms with van der Waals surface area (Å²) in [6.07, 6.45) is 0.665. The lowest BCUT2D eigenvalue weighted by molar-refractivity contribution is 0.189. The van der Waals surface area contributed by atoms with Crippen LogP contribution in [0.5, 0.6) is 0 Å². The first kappa shape index (κ1) is 18.1. The zero-order valence-corrected chi connectivity index (χ0v) is 14.3. The lowest BCUT2D eigenvalue weighted by atomic mass is 10.4. The van der Waals surface area contributed by atoms with Gasteiger partial charge in [0, 0.05) is 33.9 Å². The van der Waals surface area contributed by atoms with E-state index in [9.17, 15) is 8.42 Å². The smallest absolute Gasteiger partial charge is 0.246 e. The molecule has 0 bridgehead atoms. The molecule has 0 radical (unpaired) electrons. The van der Waals surface area contributed by atoms with Crippen LogP contribution in [0.1, 0.15) is 17.8 Å². The number of aromatic nitrogens is 2. The average Bonchev–Trinajstić information content (AvgIpc) is 2.71. The zero-order valence-electron chi connectivity index (χ0n) is 13.5. The van der Waals surface area contributed by atoms with E-state index in [4.69, 9.17) is 4.74 Å². The molecule has 122 valence electrons. The van der Waals surface area contributed by atoms with Crippen LogP contribution in [0.25, 0.3) is 0 Å². The second kappa shape index (κ2) is 7.88. The van der Waals surface area contributed by atoms with Gasteiger partial charge in [-0.15, -0.1) is 0 Å². The van der Waals surface area contributed by atoms with E-state index in [1.54, 1.807) is 32.7 Å². The van der Waals surface area contributed by atoms with Crippen molar-refractivity contribution < 1.29 is 13.2 Å². The molecule has 0 aromatic carbocycles. The van der Waals surface area contributed by atoms with Crippen LogP contribution in [0, 0.1) is 13.8 Å². The van der Waals surface area contributed by atoms with Gasteiger partial charge in [-0.3, -0.25) is 4.68 Å². The molecule has 1 rings (SSSR count). The Balaban J connectivity index is 2.99. The van der Waals surface area contributed by atoms with Gasteiger partial charge in [-0.25, -0.2) is 12.7 Å². The van der Waals surface area contributed by atoms with Crippen molar-refractivity contribution >= 4 is 10.0 Å². The standard InChI is InChI=1S/C13H26N4O3S/c1-11-13(12(2)17(15-11)9-7-14-3)21(18,19)16(4)8-6-10-20-5/h14H,6-10H2,1-5H3. The maximum atomic E-state index is 12.7. The number of likely N-dealkylation sites (N-methyl/N-ethyl adjacent to an activating group) is 1. The Morgan fingerprint density at radius 1 is 1.38 bits per heavy atom. The molecule has 0 amide bonds. The van der Waals surface area contributed by atoms with Gasteiger partial charge in [0.15, 0.2) is 0 Å². The predicted molar refractivity (Wildman–Crippen MR) is 81.9 cm³/mol. The molecule has 0 unspecified atom stereocenters. The first-order valence-corrected chi connectivity index (χ1v) is 8.44. The minimum absolute atomic E-state index is 0.318. The summed E-state index contributed by atoms with van der Waals surface area (Å²) in [5.41, 5.74) is 1.23. The molecule has 1 aromatic heterocycles. The summed E-state index contributed by atoms with van der Waals surface area (Å²) >= 11 is 0. The quantitative estimate of drug-likeness (QED) is 0.666. The highest BCUT2D eigenvalue weighted by Crippen LogP contribution is 2.22. The van der Waals surface area contributed by atoms with E-state index in [0.29, 0.717) is 42.4 Å². The van der Waals surface area contributed by atoms with Crippen molar-refractivity contribution in [3.8, 4) is 0 Å². The molecule has 0 fully saturated rings. The summed E-state index contributed by atoms with van der Waals surface area (Å²) in [6, 6.07) is 0. The van der Waals surface area contributed by atoms with Crippen LogP contribution in [0.15, 0.2) is 4.90 Å². The summed E-state index contributed by atoms with van der Waals surface area (Å²) in [4.78, 5) is 0.318. The van der Waals surface area contributed by atoms with Gasteiger partial charge in [0.1, 0.15) is 4.90 Å². The van der Waals surface area contributed by atoms with Crippen LogP contribution < -0.4 is 5.32 Å². The number of aryl methyl sites for hydroxylation is 1. The average molecular weight is 318 g/mol. The van der Waals surface area contributed by atoms with Crippen molar-refractivity contribution in [2.75, 3.05) is 40.9 Å². The van der Waals surface area contributed by atoms with E-state index in [1.165, 1.54) is 4.31 Å². The second-order valence-electron chi connectivity index (χ2n) is 5.00. The van der Waals surface area contributed by atoms with Gasteiger partial charge in [0.05, 0.1) is 17.9 Å². The minimum atomic E-state index is -3.51. The molecule has 1 aromatic rings. The maximum Gasteiger partial charge on any atom is 0.246 e. The Morgan fingerprint density at radius 2 is 2.05 bits per heavy atom. The molecule has 0 aliphatic heterocycles. The largest absolute Gasteiger partial charge is 0.385 e. The third kappa shape index (κ3) is 4.26. The van der Waals surface area contributed by atoms with E-state index >= 15 is 0 Å². The van der Waals surface area contributed by atoms with Gasteiger partial charge >= 0.3 is 0 Å². The topological polar surface area (TPSA) is 76.5 Å². The molecule has 0 aliphatic rings. The van der Waals surface area contributed by atoms with E-state index < -0.39 is 10.0 Å².